The molecule has 134 valence electrons. The minimum absolute atomic E-state index is 0.200. The van der Waals surface area contributed by atoms with Crippen molar-refractivity contribution in [1.82, 2.24) is 15.0 Å². The Morgan fingerprint density at radius 3 is 2.62 bits per heavy atom. The minimum atomic E-state index is -0.328. The highest BCUT2D eigenvalue weighted by molar-refractivity contribution is 6.30. The molecule has 26 heavy (non-hydrogen) atoms. The summed E-state index contributed by atoms with van der Waals surface area (Å²) in [5.41, 5.74) is 4.41. The Labute approximate surface area is 156 Å². The summed E-state index contributed by atoms with van der Waals surface area (Å²) in [5, 5.41) is 11.7. The van der Waals surface area contributed by atoms with E-state index in [0.717, 1.165) is 22.5 Å². The van der Waals surface area contributed by atoms with Crippen LogP contribution in [-0.2, 0) is 11.3 Å². The third-order valence-corrected chi connectivity index (χ3v) is 4.44. The summed E-state index contributed by atoms with van der Waals surface area (Å²) in [6, 6.07) is 12.9. The number of benzene rings is 2. The molecule has 0 aliphatic rings. The van der Waals surface area contributed by atoms with Crippen LogP contribution in [0.15, 0.2) is 42.5 Å². The second-order valence-electron chi connectivity index (χ2n) is 5.91. The zero-order valence-electron chi connectivity index (χ0n) is 14.8. The van der Waals surface area contributed by atoms with Crippen molar-refractivity contribution >= 4 is 23.2 Å². The van der Waals surface area contributed by atoms with Crippen LogP contribution in [0.1, 0.15) is 27.3 Å². The molecule has 3 aromatic rings. The topological polar surface area (TPSA) is 69.0 Å². The number of halogens is 1. The van der Waals surface area contributed by atoms with E-state index in [2.05, 4.69) is 15.6 Å². The molecule has 1 N–H and O–H groups in total. The lowest BCUT2D eigenvalue weighted by molar-refractivity contribution is 0.101. The standard InChI is InChI=1S/C19H19ClN4O2/c1-12-5-4-6-16(13(12)2)21-19(25)18-17(11-26-3)24(23-22-18)15-9-7-14(20)8-10-15/h4-10H,11H2,1-3H3,(H,21,25). The van der Waals surface area contributed by atoms with Gasteiger partial charge in [-0.2, -0.15) is 0 Å². The first-order chi connectivity index (χ1) is 12.5. The van der Waals surface area contributed by atoms with Gasteiger partial charge in [-0.25, -0.2) is 4.68 Å². The molecule has 3 rings (SSSR count). The second kappa shape index (κ2) is 7.68. The normalized spacial score (nSPS) is 10.8. The molecule has 0 unspecified atom stereocenters. The number of hydrogen-bond donors (Lipinski definition) is 1. The molecule has 0 atom stereocenters. The average molecular weight is 371 g/mol. The van der Waals surface area contributed by atoms with E-state index in [1.807, 2.05) is 44.2 Å². The van der Waals surface area contributed by atoms with Crippen molar-refractivity contribution in [1.29, 1.82) is 0 Å². The molecule has 0 aliphatic carbocycles. The molecule has 0 saturated heterocycles. The second-order valence-corrected chi connectivity index (χ2v) is 6.34. The van der Waals surface area contributed by atoms with E-state index in [1.165, 1.54) is 0 Å². The fourth-order valence-corrected chi connectivity index (χ4v) is 2.73. The Kier molecular flexibility index (Phi) is 5.35. The van der Waals surface area contributed by atoms with Crippen LogP contribution in [0.4, 0.5) is 5.69 Å². The van der Waals surface area contributed by atoms with Crippen molar-refractivity contribution in [3.05, 3.63) is 70.0 Å². The lowest BCUT2D eigenvalue weighted by Gasteiger charge is -2.10. The van der Waals surface area contributed by atoms with Crippen molar-refractivity contribution in [2.24, 2.45) is 0 Å². The van der Waals surface area contributed by atoms with Crippen LogP contribution in [0.3, 0.4) is 0 Å². The SMILES string of the molecule is COCc1c(C(=O)Nc2cccc(C)c2C)nnn1-c1ccc(Cl)cc1. The van der Waals surface area contributed by atoms with Gasteiger partial charge in [0, 0.05) is 17.8 Å². The smallest absolute Gasteiger partial charge is 0.278 e. The van der Waals surface area contributed by atoms with E-state index < -0.39 is 0 Å². The molecule has 1 amide bonds. The van der Waals surface area contributed by atoms with Gasteiger partial charge in [0.05, 0.1) is 12.3 Å². The van der Waals surface area contributed by atoms with Gasteiger partial charge in [0.2, 0.25) is 0 Å². The van der Waals surface area contributed by atoms with E-state index in [4.69, 9.17) is 16.3 Å². The number of aryl methyl sites for hydroxylation is 1. The fraction of sp³-hybridized carbons (Fsp3) is 0.211. The highest BCUT2D eigenvalue weighted by atomic mass is 35.5. The van der Waals surface area contributed by atoms with Crippen LogP contribution in [0, 0.1) is 13.8 Å². The van der Waals surface area contributed by atoms with Gasteiger partial charge in [-0.15, -0.1) is 5.10 Å². The third kappa shape index (κ3) is 3.61. The number of anilines is 1. The van der Waals surface area contributed by atoms with Gasteiger partial charge in [-0.05, 0) is 55.3 Å². The number of aromatic nitrogens is 3. The van der Waals surface area contributed by atoms with Crippen molar-refractivity contribution < 1.29 is 9.53 Å². The summed E-state index contributed by atoms with van der Waals surface area (Å²) in [6.45, 7) is 4.16. The quantitative estimate of drug-likeness (QED) is 0.738. The Bertz CT molecular complexity index is 935. The zero-order chi connectivity index (χ0) is 18.7. The van der Waals surface area contributed by atoms with Crippen molar-refractivity contribution in [3.8, 4) is 5.69 Å². The van der Waals surface area contributed by atoms with Gasteiger partial charge < -0.3 is 10.1 Å². The van der Waals surface area contributed by atoms with Crippen LogP contribution in [-0.4, -0.2) is 28.0 Å². The van der Waals surface area contributed by atoms with Crippen LogP contribution in [0.5, 0.6) is 0 Å². The Morgan fingerprint density at radius 2 is 1.92 bits per heavy atom. The molecule has 2 aromatic carbocycles. The molecule has 0 fully saturated rings. The number of nitrogens with zero attached hydrogens (tertiary/aromatic N) is 3. The van der Waals surface area contributed by atoms with E-state index in [-0.39, 0.29) is 18.2 Å². The first kappa shape index (κ1) is 18.1. The van der Waals surface area contributed by atoms with Gasteiger partial charge >= 0.3 is 0 Å². The highest BCUT2D eigenvalue weighted by Crippen LogP contribution is 2.21. The van der Waals surface area contributed by atoms with E-state index in [1.54, 1.807) is 23.9 Å². The summed E-state index contributed by atoms with van der Waals surface area (Å²) < 4.78 is 6.83. The third-order valence-electron chi connectivity index (χ3n) is 4.18. The van der Waals surface area contributed by atoms with Crippen molar-refractivity contribution in [2.45, 2.75) is 20.5 Å². The van der Waals surface area contributed by atoms with Crippen molar-refractivity contribution in [2.75, 3.05) is 12.4 Å². The molecule has 0 spiro atoms. The molecule has 6 nitrogen and oxygen atoms in total. The molecule has 0 saturated carbocycles. The first-order valence-corrected chi connectivity index (χ1v) is 8.46. The molecular formula is C19H19ClN4O2. The lowest BCUT2D eigenvalue weighted by Crippen LogP contribution is -2.16. The maximum atomic E-state index is 12.8. The zero-order valence-corrected chi connectivity index (χ0v) is 15.5. The van der Waals surface area contributed by atoms with Gasteiger partial charge in [-0.1, -0.05) is 28.9 Å². The Balaban J connectivity index is 1.95. The number of carbonyl (C=O) groups is 1. The average Bonchev–Trinajstić information content (AvgIpc) is 3.04. The van der Waals surface area contributed by atoms with Gasteiger partial charge in [-0.3, -0.25) is 4.79 Å². The number of rotatable bonds is 5. The van der Waals surface area contributed by atoms with E-state index in [9.17, 15) is 4.79 Å². The maximum Gasteiger partial charge on any atom is 0.278 e. The molecule has 0 radical (unpaired) electrons. The van der Waals surface area contributed by atoms with Crippen LogP contribution >= 0.6 is 11.6 Å². The number of carbonyl (C=O) groups excluding carboxylic acids is 1. The largest absolute Gasteiger partial charge is 0.378 e. The van der Waals surface area contributed by atoms with Crippen LogP contribution in [0.2, 0.25) is 5.02 Å². The summed E-state index contributed by atoms with van der Waals surface area (Å²) in [5.74, 6) is -0.328. The highest BCUT2D eigenvalue weighted by Gasteiger charge is 2.21. The summed E-state index contributed by atoms with van der Waals surface area (Å²) in [6.07, 6.45) is 0. The number of amides is 1. The first-order valence-electron chi connectivity index (χ1n) is 8.08. The molecule has 7 heteroatoms. The predicted molar refractivity (Wildman–Crippen MR) is 101 cm³/mol. The number of ether oxygens (including phenoxy) is 1. The Hall–Kier alpha value is -2.70. The maximum absolute atomic E-state index is 12.8. The molecule has 1 heterocycles. The monoisotopic (exact) mass is 370 g/mol. The van der Waals surface area contributed by atoms with Gasteiger partial charge in [0.25, 0.3) is 5.91 Å². The summed E-state index contributed by atoms with van der Waals surface area (Å²) in [7, 11) is 1.56. The summed E-state index contributed by atoms with van der Waals surface area (Å²) >= 11 is 5.94. The van der Waals surface area contributed by atoms with Gasteiger partial charge in [0.15, 0.2) is 5.69 Å². The van der Waals surface area contributed by atoms with Crippen molar-refractivity contribution in [3.63, 3.8) is 0 Å². The lowest BCUT2D eigenvalue weighted by atomic mass is 10.1. The summed E-state index contributed by atoms with van der Waals surface area (Å²) in [4.78, 5) is 12.8. The van der Waals surface area contributed by atoms with Crippen LogP contribution < -0.4 is 5.32 Å². The minimum Gasteiger partial charge on any atom is -0.378 e. The number of hydrogen-bond acceptors (Lipinski definition) is 4. The number of methoxy groups -OCH3 is 1. The molecule has 0 bridgehead atoms. The predicted octanol–water partition coefficient (Wildman–Crippen LogP) is 3.94. The van der Waals surface area contributed by atoms with E-state index in [0.29, 0.717) is 10.7 Å². The van der Waals surface area contributed by atoms with E-state index >= 15 is 0 Å². The number of nitrogens with one attached hydrogen (secondary N) is 1. The molecule has 1 aromatic heterocycles. The van der Waals surface area contributed by atoms with Crippen LogP contribution in [0.25, 0.3) is 5.69 Å². The molecule has 0 aliphatic heterocycles. The Morgan fingerprint density at radius 1 is 1.19 bits per heavy atom. The molecular weight excluding hydrogens is 352 g/mol. The van der Waals surface area contributed by atoms with Gasteiger partial charge in [0.1, 0.15) is 5.69 Å². The fourth-order valence-electron chi connectivity index (χ4n) is 2.60.